The minimum Gasteiger partial charge on any atom is -0.383 e. The van der Waals surface area contributed by atoms with Gasteiger partial charge in [-0.15, -0.1) is 0 Å². The third-order valence-corrected chi connectivity index (χ3v) is 2.27. The van der Waals surface area contributed by atoms with Crippen LogP contribution in [0.4, 0.5) is 0 Å². The number of nitrogens with two attached hydrogens (primary N) is 1. The first-order valence-corrected chi connectivity index (χ1v) is 4.64. The monoisotopic (exact) mass is 186 g/mol. The van der Waals surface area contributed by atoms with Crippen molar-refractivity contribution >= 4 is 5.91 Å². The topological polar surface area (TPSA) is 55.6 Å². The molecule has 1 rings (SSSR count). The molecule has 0 aromatic rings. The van der Waals surface area contributed by atoms with Gasteiger partial charge < -0.3 is 15.4 Å². The van der Waals surface area contributed by atoms with Crippen LogP contribution in [0.25, 0.3) is 0 Å². The zero-order valence-corrected chi connectivity index (χ0v) is 8.32. The first-order chi connectivity index (χ1) is 6.15. The van der Waals surface area contributed by atoms with E-state index in [1.54, 1.807) is 19.1 Å². The highest BCUT2D eigenvalue weighted by Gasteiger charge is 2.26. The van der Waals surface area contributed by atoms with E-state index in [1.807, 2.05) is 0 Å². The Morgan fingerprint density at radius 2 is 2.31 bits per heavy atom. The lowest BCUT2D eigenvalue weighted by Gasteiger charge is -2.20. The van der Waals surface area contributed by atoms with Gasteiger partial charge in [0, 0.05) is 20.7 Å². The summed E-state index contributed by atoms with van der Waals surface area (Å²) in [6.45, 7) is 1.14. The second kappa shape index (κ2) is 4.58. The highest BCUT2D eigenvalue weighted by atomic mass is 16.5. The lowest BCUT2D eigenvalue weighted by molar-refractivity contribution is -0.132. The second-order valence-corrected chi connectivity index (χ2v) is 3.72. The van der Waals surface area contributed by atoms with Crippen LogP contribution < -0.4 is 5.73 Å². The number of hydrogen-bond acceptors (Lipinski definition) is 3. The molecule has 1 aliphatic rings. The summed E-state index contributed by atoms with van der Waals surface area (Å²) in [5, 5.41) is 0. The van der Waals surface area contributed by atoms with Gasteiger partial charge in [-0.1, -0.05) is 0 Å². The number of likely N-dealkylation sites (N-methyl/N-ethyl adjacent to an activating group) is 1. The molecule has 0 spiro atoms. The van der Waals surface area contributed by atoms with Crippen molar-refractivity contribution < 1.29 is 9.53 Å². The Kier molecular flexibility index (Phi) is 3.69. The Morgan fingerprint density at radius 3 is 2.77 bits per heavy atom. The maximum atomic E-state index is 11.5. The highest BCUT2D eigenvalue weighted by Crippen LogP contribution is 2.29. The SMILES string of the molecule is COCC(N)C(=O)N(C)CC1CC1. The maximum Gasteiger partial charge on any atom is 0.241 e. The number of ether oxygens (including phenoxy) is 1. The fourth-order valence-corrected chi connectivity index (χ4v) is 1.31. The van der Waals surface area contributed by atoms with E-state index in [1.165, 1.54) is 12.8 Å². The molecule has 0 aromatic heterocycles. The number of methoxy groups -OCH3 is 1. The molecule has 4 nitrogen and oxygen atoms in total. The van der Waals surface area contributed by atoms with Crippen LogP contribution in [0.3, 0.4) is 0 Å². The van der Waals surface area contributed by atoms with Crippen LogP contribution in [0.2, 0.25) is 0 Å². The summed E-state index contributed by atoms with van der Waals surface area (Å²) in [7, 11) is 3.35. The summed E-state index contributed by atoms with van der Waals surface area (Å²) in [5.74, 6) is 0.692. The average Bonchev–Trinajstić information content (AvgIpc) is 2.87. The van der Waals surface area contributed by atoms with Gasteiger partial charge in [0.25, 0.3) is 0 Å². The van der Waals surface area contributed by atoms with Crippen LogP contribution in [-0.2, 0) is 9.53 Å². The number of carbonyl (C=O) groups is 1. The number of hydrogen-bond donors (Lipinski definition) is 1. The molecule has 1 aliphatic carbocycles. The highest BCUT2D eigenvalue weighted by molar-refractivity contribution is 5.81. The van der Waals surface area contributed by atoms with Gasteiger partial charge in [0.2, 0.25) is 5.91 Å². The molecule has 0 heterocycles. The van der Waals surface area contributed by atoms with Crippen LogP contribution in [0.5, 0.6) is 0 Å². The van der Waals surface area contributed by atoms with Crippen molar-refractivity contribution in [3.8, 4) is 0 Å². The third kappa shape index (κ3) is 3.32. The molecular formula is C9H18N2O2. The standard InChI is InChI=1S/C9H18N2O2/c1-11(5-7-3-4-7)9(12)8(10)6-13-2/h7-8H,3-6,10H2,1-2H3. The van der Waals surface area contributed by atoms with Gasteiger partial charge in [0.1, 0.15) is 6.04 Å². The lowest BCUT2D eigenvalue weighted by Crippen LogP contribution is -2.45. The van der Waals surface area contributed by atoms with E-state index >= 15 is 0 Å². The van der Waals surface area contributed by atoms with E-state index < -0.39 is 6.04 Å². The van der Waals surface area contributed by atoms with Crippen molar-refractivity contribution in [2.75, 3.05) is 27.3 Å². The predicted octanol–water partition coefficient (Wildman–Crippen LogP) is -0.171. The molecule has 1 atom stereocenters. The van der Waals surface area contributed by atoms with Crippen molar-refractivity contribution in [1.82, 2.24) is 4.90 Å². The zero-order chi connectivity index (χ0) is 9.84. The molecule has 0 aromatic carbocycles. The van der Waals surface area contributed by atoms with Gasteiger partial charge in [-0.25, -0.2) is 0 Å². The van der Waals surface area contributed by atoms with Gasteiger partial charge in [-0.2, -0.15) is 0 Å². The number of nitrogens with zero attached hydrogens (tertiary/aromatic N) is 1. The van der Waals surface area contributed by atoms with Crippen molar-refractivity contribution in [3.05, 3.63) is 0 Å². The van der Waals surface area contributed by atoms with E-state index in [9.17, 15) is 4.79 Å². The average molecular weight is 186 g/mol. The fourth-order valence-electron chi connectivity index (χ4n) is 1.31. The lowest BCUT2D eigenvalue weighted by atomic mass is 10.2. The Balaban J connectivity index is 2.26. The fraction of sp³-hybridized carbons (Fsp3) is 0.889. The summed E-state index contributed by atoms with van der Waals surface area (Å²) in [6, 6.07) is -0.506. The van der Waals surface area contributed by atoms with Gasteiger partial charge in [-0.05, 0) is 18.8 Å². The summed E-state index contributed by atoms with van der Waals surface area (Å²) in [4.78, 5) is 13.2. The van der Waals surface area contributed by atoms with E-state index in [2.05, 4.69) is 0 Å². The van der Waals surface area contributed by atoms with Crippen molar-refractivity contribution in [2.24, 2.45) is 11.7 Å². The first-order valence-electron chi connectivity index (χ1n) is 4.64. The third-order valence-electron chi connectivity index (χ3n) is 2.27. The van der Waals surface area contributed by atoms with Crippen LogP contribution in [-0.4, -0.2) is 44.2 Å². The molecule has 0 saturated heterocycles. The minimum atomic E-state index is -0.506. The minimum absolute atomic E-state index is 0.0197. The maximum absolute atomic E-state index is 11.5. The molecule has 2 N–H and O–H groups in total. The van der Waals surface area contributed by atoms with E-state index in [4.69, 9.17) is 10.5 Å². The number of rotatable bonds is 5. The second-order valence-electron chi connectivity index (χ2n) is 3.72. The van der Waals surface area contributed by atoms with Crippen LogP contribution in [0.1, 0.15) is 12.8 Å². The molecule has 76 valence electrons. The molecule has 1 unspecified atom stereocenters. The largest absolute Gasteiger partial charge is 0.383 e. The van der Waals surface area contributed by atoms with Gasteiger partial charge in [-0.3, -0.25) is 4.79 Å². The van der Waals surface area contributed by atoms with Crippen molar-refractivity contribution in [1.29, 1.82) is 0 Å². The summed E-state index contributed by atoms with van der Waals surface area (Å²) >= 11 is 0. The van der Waals surface area contributed by atoms with Gasteiger partial charge in [0.15, 0.2) is 0 Å². The molecule has 0 aliphatic heterocycles. The Labute approximate surface area is 79.0 Å². The number of amides is 1. The smallest absolute Gasteiger partial charge is 0.241 e. The quantitative estimate of drug-likeness (QED) is 0.648. The normalized spacial score (nSPS) is 18.4. The molecule has 0 radical (unpaired) electrons. The van der Waals surface area contributed by atoms with Crippen LogP contribution in [0, 0.1) is 5.92 Å². The summed E-state index contributed by atoms with van der Waals surface area (Å²) in [5.41, 5.74) is 5.61. The molecule has 1 amide bonds. The molecule has 0 bridgehead atoms. The van der Waals surface area contributed by atoms with Crippen LogP contribution >= 0.6 is 0 Å². The molecule has 13 heavy (non-hydrogen) atoms. The van der Waals surface area contributed by atoms with Gasteiger partial charge in [0.05, 0.1) is 6.61 Å². The Morgan fingerprint density at radius 1 is 1.69 bits per heavy atom. The molecular weight excluding hydrogens is 168 g/mol. The summed E-state index contributed by atoms with van der Waals surface area (Å²) in [6.07, 6.45) is 2.49. The van der Waals surface area contributed by atoms with E-state index in [0.717, 1.165) is 6.54 Å². The first kappa shape index (κ1) is 10.5. The van der Waals surface area contributed by atoms with E-state index in [-0.39, 0.29) is 5.91 Å². The molecule has 1 saturated carbocycles. The van der Waals surface area contributed by atoms with Crippen molar-refractivity contribution in [2.45, 2.75) is 18.9 Å². The summed E-state index contributed by atoms with van der Waals surface area (Å²) < 4.78 is 4.82. The van der Waals surface area contributed by atoms with E-state index in [0.29, 0.717) is 12.5 Å². The number of carbonyl (C=O) groups excluding carboxylic acids is 1. The van der Waals surface area contributed by atoms with Gasteiger partial charge >= 0.3 is 0 Å². The molecule has 1 fully saturated rings. The zero-order valence-electron chi connectivity index (χ0n) is 8.32. The van der Waals surface area contributed by atoms with Crippen molar-refractivity contribution in [3.63, 3.8) is 0 Å². The molecule has 4 heteroatoms. The van der Waals surface area contributed by atoms with Crippen LogP contribution in [0.15, 0.2) is 0 Å². The Bertz CT molecular complexity index is 180. The Hall–Kier alpha value is -0.610. The predicted molar refractivity (Wildman–Crippen MR) is 50.2 cm³/mol.